The second kappa shape index (κ2) is 8.96. The van der Waals surface area contributed by atoms with Crippen LogP contribution in [0.1, 0.15) is 18.4 Å². The highest BCUT2D eigenvalue weighted by molar-refractivity contribution is 7.93. The van der Waals surface area contributed by atoms with Gasteiger partial charge in [-0.05, 0) is 18.4 Å². The number of aromatic nitrogens is 2. The number of hydrogen-bond donors (Lipinski definition) is 3. The Labute approximate surface area is 176 Å². The molecule has 0 radical (unpaired) electrons. The number of aliphatic carboxylic acids is 1. The maximum atomic E-state index is 12.8. The number of rotatable bonds is 7. The van der Waals surface area contributed by atoms with Gasteiger partial charge in [-0.15, -0.1) is 0 Å². The zero-order valence-corrected chi connectivity index (χ0v) is 16.9. The fraction of sp³-hybridized carbons (Fsp3) is 0.389. The second-order valence-electron chi connectivity index (χ2n) is 6.92. The number of benzene rings is 1. The van der Waals surface area contributed by atoms with Crippen LogP contribution in [-0.4, -0.2) is 48.1 Å². The van der Waals surface area contributed by atoms with E-state index in [-0.39, 0.29) is 18.3 Å². The number of carbonyl (C=O) groups is 1. The Morgan fingerprint density at radius 1 is 1.19 bits per heavy atom. The van der Waals surface area contributed by atoms with Crippen molar-refractivity contribution in [1.82, 2.24) is 9.97 Å². The Balaban J connectivity index is 1.85. The number of halogens is 3. The SMILES string of the molecule is O=C(O)C1CCN(c2ncc(NS(=O)(=O)C(F)(F)F)c(NCc3ccccc3)n2)CC1. The molecule has 3 rings (SSSR count). The highest BCUT2D eigenvalue weighted by atomic mass is 32.2. The molecular formula is C18H20F3N5O4S. The van der Waals surface area contributed by atoms with Crippen LogP contribution in [0, 0.1) is 5.92 Å². The van der Waals surface area contributed by atoms with E-state index in [0.29, 0.717) is 25.9 Å². The van der Waals surface area contributed by atoms with Gasteiger partial charge in [0.15, 0.2) is 5.82 Å². The summed E-state index contributed by atoms with van der Waals surface area (Å²) in [5.74, 6) is -1.33. The van der Waals surface area contributed by atoms with Crippen molar-refractivity contribution in [2.45, 2.75) is 24.9 Å². The molecule has 1 aromatic heterocycles. The van der Waals surface area contributed by atoms with E-state index < -0.39 is 33.1 Å². The predicted molar refractivity (Wildman–Crippen MR) is 107 cm³/mol. The van der Waals surface area contributed by atoms with Gasteiger partial charge in [0.05, 0.1) is 12.1 Å². The van der Waals surface area contributed by atoms with Gasteiger partial charge in [0.2, 0.25) is 5.95 Å². The van der Waals surface area contributed by atoms with Gasteiger partial charge in [0.1, 0.15) is 5.69 Å². The average molecular weight is 459 g/mol. The molecule has 31 heavy (non-hydrogen) atoms. The molecule has 3 N–H and O–H groups in total. The number of piperidine rings is 1. The molecule has 0 spiro atoms. The van der Waals surface area contributed by atoms with E-state index in [0.717, 1.165) is 11.8 Å². The van der Waals surface area contributed by atoms with E-state index in [1.165, 1.54) is 4.72 Å². The lowest BCUT2D eigenvalue weighted by atomic mass is 9.97. The van der Waals surface area contributed by atoms with E-state index in [1.807, 2.05) is 0 Å². The highest BCUT2D eigenvalue weighted by Crippen LogP contribution is 2.30. The minimum absolute atomic E-state index is 0.123. The van der Waals surface area contributed by atoms with Gasteiger partial charge in [-0.1, -0.05) is 30.3 Å². The third kappa shape index (κ3) is 5.54. The third-order valence-corrected chi connectivity index (χ3v) is 5.85. The van der Waals surface area contributed by atoms with Crippen LogP contribution in [0.25, 0.3) is 0 Å². The lowest BCUT2D eigenvalue weighted by Crippen LogP contribution is -2.37. The molecule has 1 aliphatic rings. The molecule has 0 aliphatic carbocycles. The van der Waals surface area contributed by atoms with Crippen molar-refractivity contribution in [2.75, 3.05) is 28.0 Å². The minimum atomic E-state index is -5.66. The summed E-state index contributed by atoms with van der Waals surface area (Å²) in [6, 6.07) is 8.93. The number of sulfonamides is 1. The van der Waals surface area contributed by atoms with Gasteiger partial charge in [0.25, 0.3) is 0 Å². The van der Waals surface area contributed by atoms with E-state index >= 15 is 0 Å². The van der Waals surface area contributed by atoms with Gasteiger partial charge in [-0.2, -0.15) is 26.6 Å². The Bertz CT molecular complexity index is 1030. The lowest BCUT2D eigenvalue weighted by molar-refractivity contribution is -0.142. The van der Waals surface area contributed by atoms with Crippen LogP contribution in [0.3, 0.4) is 0 Å². The molecule has 2 heterocycles. The van der Waals surface area contributed by atoms with Gasteiger partial charge >= 0.3 is 21.5 Å². The quantitative estimate of drug-likeness (QED) is 0.577. The van der Waals surface area contributed by atoms with Gasteiger partial charge in [-0.25, -0.2) is 4.98 Å². The van der Waals surface area contributed by atoms with Crippen LogP contribution < -0.4 is 14.9 Å². The van der Waals surface area contributed by atoms with Crippen molar-refractivity contribution < 1.29 is 31.5 Å². The molecule has 0 saturated carbocycles. The second-order valence-corrected chi connectivity index (χ2v) is 8.60. The van der Waals surface area contributed by atoms with Crippen LogP contribution in [0.15, 0.2) is 36.5 Å². The van der Waals surface area contributed by atoms with E-state index in [9.17, 15) is 26.4 Å². The monoisotopic (exact) mass is 459 g/mol. The molecule has 1 aromatic carbocycles. The molecule has 0 unspecified atom stereocenters. The topological polar surface area (TPSA) is 125 Å². The lowest BCUT2D eigenvalue weighted by Gasteiger charge is -2.30. The van der Waals surface area contributed by atoms with Crippen LogP contribution in [0.5, 0.6) is 0 Å². The Hall–Kier alpha value is -3.09. The van der Waals surface area contributed by atoms with Gasteiger partial charge in [0, 0.05) is 19.6 Å². The summed E-state index contributed by atoms with van der Waals surface area (Å²) in [7, 11) is -5.66. The first kappa shape index (κ1) is 22.6. The summed E-state index contributed by atoms with van der Waals surface area (Å²) in [5, 5.41) is 12.0. The van der Waals surface area contributed by atoms with Crippen LogP contribution in [0.4, 0.5) is 30.6 Å². The number of anilines is 3. The number of carboxylic acid groups (broad SMARTS) is 1. The van der Waals surface area contributed by atoms with Crippen molar-refractivity contribution in [3.8, 4) is 0 Å². The summed E-state index contributed by atoms with van der Waals surface area (Å²) in [6.07, 6.45) is 1.70. The maximum absolute atomic E-state index is 12.8. The van der Waals surface area contributed by atoms with Crippen molar-refractivity contribution in [3.05, 3.63) is 42.1 Å². The summed E-state index contributed by atoms with van der Waals surface area (Å²) in [5.41, 5.74) is -5.15. The number of hydrogen-bond acceptors (Lipinski definition) is 7. The molecular weight excluding hydrogens is 439 g/mol. The molecule has 1 aliphatic heterocycles. The molecule has 2 aromatic rings. The number of nitrogens with zero attached hydrogens (tertiary/aromatic N) is 3. The standard InChI is InChI=1S/C18H20F3N5O4S/c19-18(20,21)31(29,30)25-14-11-23-17(26-8-6-13(7-9-26)16(27)28)24-15(14)22-10-12-4-2-1-3-5-12/h1-5,11,13,25H,6-10H2,(H,27,28)(H,22,23,24). The van der Waals surface area contributed by atoms with Crippen molar-refractivity contribution in [3.63, 3.8) is 0 Å². The third-order valence-electron chi connectivity index (χ3n) is 4.75. The molecule has 13 heteroatoms. The predicted octanol–water partition coefficient (Wildman–Crippen LogP) is 2.65. The Morgan fingerprint density at radius 3 is 2.42 bits per heavy atom. The molecule has 0 amide bonds. The molecule has 1 fully saturated rings. The number of nitrogens with one attached hydrogen (secondary N) is 2. The summed E-state index contributed by atoms with van der Waals surface area (Å²) >= 11 is 0. The Morgan fingerprint density at radius 2 is 1.84 bits per heavy atom. The average Bonchev–Trinajstić information content (AvgIpc) is 2.73. The molecule has 9 nitrogen and oxygen atoms in total. The van der Waals surface area contributed by atoms with Crippen molar-refractivity contribution in [2.24, 2.45) is 5.92 Å². The normalized spacial score (nSPS) is 15.5. The molecule has 0 bridgehead atoms. The molecule has 168 valence electrons. The largest absolute Gasteiger partial charge is 0.516 e. The summed E-state index contributed by atoms with van der Waals surface area (Å²) in [6.45, 7) is 0.880. The Kier molecular flexibility index (Phi) is 6.53. The highest BCUT2D eigenvalue weighted by Gasteiger charge is 2.46. The first-order valence-corrected chi connectivity index (χ1v) is 10.8. The summed E-state index contributed by atoms with van der Waals surface area (Å²) < 4.78 is 63.0. The van der Waals surface area contributed by atoms with Gasteiger partial charge in [-0.3, -0.25) is 9.52 Å². The van der Waals surface area contributed by atoms with Gasteiger partial charge < -0.3 is 15.3 Å². The van der Waals surface area contributed by atoms with Crippen LogP contribution in [0.2, 0.25) is 0 Å². The number of carboxylic acids is 1. The molecule has 0 atom stereocenters. The minimum Gasteiger partial charge on any atom is -0.481 e. The van der Waals surface area contributed by atoms with Crippen LogP contribution in [-0.2, 0) is 21.4 Å². The summed E-state index contributed by atoms with van der Waals surface area (Å²) in [4.78, 5) is 21.0. The fourth-order valence-electron chi connectivity index (χ4n) is 3.05. The first-order valence-electron chi connectivity index (χ1n) is 9.28. The molecule has 1 saturated heterocycles. The van der Waals surface area contributed by atoms with E-state index in [1.54, 1.807) is 35.2 Å². The van der Waals surface area contributed by atoms with E-state index in [4.69, 9.17) is 5.11 Å². The zero-order valence-electron chi connectivity index (χ0n) is 16.1. The zero-order chi connectivity index (χ0) is 22.6. The fourth-order valence-corrected chi connectivity index (χ4v) is 3.60. The van der Waals surface area contributed by atoms with Crippen molar-refractivity contribution in [1.29, 1.82) is 0 Å². The first-order chi connectivity index (χ1) is 14.6. The van der Waals surface area contributed by atoms with E-state index in [2.05, 4.69) is 15.3 Å². The maximum Gasteiger partial charge on any atom is 0.516 e. The van der Waals surface area contributed by atoms with Crippen molar-refractivity contribution >= 4 is 33.4 Å². The van der Waals surface area contributed by atoms with Crippen LogP contribution >= 0.6 is 0 Å². The number of alkyl halides is 3. The smallest absolute Gasteiger partial charge is 0.481 e.